The van der Waals surface area contributed by atoms with Gasteiger partial charge >= 0.3 is 0 Å². The number of nitrogens with two attached hydrogens (primary N) is 1. The number of halogens is 1. The Balaban J connectivity index is 2.48. The van der Waals surface area contributed by atoms with Crippen LogP contribution in [-0.4, -0.2) is 14.8 Å². The number of aryl methyl sites for hydroxylation is 4. The maximum absolute atomic E-state index is 6.16. The minimum absolute atomic E-state index is 0.271. The molecule has 0 spiro atoms. The summed E-state index contributed by atoms with van der Waals surface area (Å²) in [7, 11) is 1.79. The zero-order valence-electron chi connectivity index (χ0n) is 11.8. The number of benzene rings is 1. The van der Waals surface area contributed by atoms with E-state index in [2.05, 4.69) is 5.10 Å². The van der Waals surface area contributed by atoms with Crippen LogP contribution in [0.25, 0.3) is 0 Å². The van der Waals surface area contributed by atoms with E-state index in [1.807, 2.05) is 32.9 Å². The average Bonchev–Trinajstić information content (AvgIpc) is 2.61. The maximum atomic E-state index is 6.16. The van der Waals surface area contributed by atoms with Gasteiger partial charge in [-0.2, -0.15) is 5.10 Å². The Hall–Kier alpha value is -1.59. The molecular formula is C14H16ClN3OS. The van der Waals surface area contributed by atoms with E-state index in [0.717, 1.165) is 21.8 Å². The first-order valence-electron chi connectivity index (χ1n) is 6.09. The first kappa shape index (κ1) is 14.8. The van der Waals surface area contributed by atoms with Crippen LogP contribution in [0.1, 0.15) is 22.4 Å². The molecule has 2 aromatic rings. The molecule has 106 valence electrons. The van der Waals surface area contributed by atoms with Crippen LogP contribution in [0, 0.1) is 20.8 Å². The van der Waals surface area contributed by atoms with Crippen LogP contribution in [0.3, 0.4) is 0 Å². The molecule has 0 saturated carbocycles. The lowest BCUT2D eigenvalue weighted by atomic mass is 10.1. The van der Waals surface area contributed by atoms with Gasteiger partial charge < -0.3 is 10.5 Å². The first-order chi connectivity index (χ1) is 9.31. The molecule has 0 saturated heterocycles. The molecule has 0 amide bonds. The van der Waals surface area contributed by atoms with Gasteiger partial charge in [-0.1, -0.05) is 23.8 Å². The van der Waals surface area contributed by atoms with E-state index in [9.17, 15) is 0 Å². The Bertz CT molecular complexity index is 671. The van der Waals surface area contributed by atoms with Gasteiger partial charge in [0.25, 0.3) is 0 Å². The van der Waals surface area contributed by atoms with Crippen molar-refractivity contribution in [1.82, 2.24) is 9.78 Å². The summed E-state index contributed by atoms with van der Waals surface area (Å²) in [4.78, 5) is 0.271. The minimum atomic E-state index is 0.271. The Morgan fingerprint density at radius 2 is 1.85 bits per heavy atom. The highest BCUT2D eigenvalue weighted by atomic mass is 35.5. The Morgan fingerprint density at radius 3 is 2.35 bits per heavy atom. The molecule has 0 atom stereocenters. The van der Waals surface area contributed by atoms with Gasteiger partial charge in [0, 0.05) is 12.1 Å². The monoisotopic (exact) mass is 309 g/mol. The van der Waals surface area contributed by atoms with Gasteiger partial charge in [0.1, 0.15) is 10.7 Å². The second-order valence-corrected chi connectivity index (χ2v) is 5.54. The van der Waals surface area contributed by atoms with Crippen LogP contribution in [0.5, 0.6) is 11.6 Å². The van der Waals surface area contributed by atoms with Gasteiger partial charge in [0.15, 0.2) is 0 Å². The van der Waals surface area contributed by atoms with Crippen molar-refractivity contribution in [3.8, 4) is 11.6 Å². The predicted molar refractivity (Wildman–Crippen MR) is 84.8 cm³/mol. The lowest BCUT2D eigenvalue weighted by Crippen LogP contribution is -2.11. The standard InChI is InChI=1S/C14H16ClN3OS/c1-7-5-10(6-8(2)12(7)15)19-14-11(13(16)20)9(3)17-18(14)4/h5-6H,1-4H3,(H2,16,20). The normalized spacial score (nSPS) is 10.7. The smallest absolute Gasteiger partial charge is 0.228 e. The molecule has 2 rings (SSSR count). The second kappa shape index (κ2) is 5.42. The summed E-state index contributed by atoms with van der Waals surface area (Å²) < 4.78 is 7.54. The summed E-state index contributed by atoms with van der Waals surface area (Å²) in [5.74, 6) is 1.22. The van der Waals surface area contributed by atoms with Gasteiger partial charge in [-0.25, -0.2) is 4.68 Å². The summed E-state index contributed by atoms with van der Waals surface area (Å²) >= 11 is 11.2. The molecule has 1 heterocycles. The van der Waals surface area contributed by atoms with E-state index in [-0.39, 0.29) is 4.99 Å². The van der Waals surface area contributed by atoms with Crippen molar-refractivity contribution in [2.45, 2.75) is 20.8 Å². The van der Waals surface area contributed by atoms with Gasteiger partial charge in [-0.15, -0.1) is 0 Å². The van der Waals surface area contributed by atoms with Crippen LogP contribution < -0.4 is 10.5 Å². The van der Waals surface area contributed by atoms with Crippen molar-refractivity contribution < 1.29 is 4.74 Å². The van der Waals surface area contributed by atoms with Crippen molar-refractivity contribution in [3.63, 3.8) is 0 Å². The highest BCUT2D eigenvalue weighted by Gasteiger charge is 2.18. The van der Waals surface area contributed by atoms with E-state index in [1.54, 1.807) is 11.7 Å². The predicted octanol–water partition coefficient (Wildman–Crippen LogP) is 3.43. The lowest BCUT2D eigenvalue weighted by Gasteiger charge is -2.11. The van der Waals surface area contributed by atoms with E-state index >= 15 is 0 Å². The maximum Gasteiger partial charge on any atom is 0.228 e. The van der Waals surface area contributed by atoms with E-state index in [0.29, 0.717) is 17.2 Å². The van der Waals surface area contributed by atoms with Gasteiger partial charge in [0.2, 0.25) is 5.88 Å². The number of hydrogen-bond donors (Lipinski definition) is 1. The molecule has 0 bridgehead atoms. The first-order valence-corrected chi connectivity index (χ1v) is 6.88. The van der Waals surface area contributed by atoms with Crippen LogP contribution in [0.15, 0.2) is 12.1 Å². The fourth-order valence-electron chi connectivity index (χ4n) is 2.11. The van der Waals surface area contributed by atoms with E-state index in [4.69, 9.17) is 34.3 Å². The average molecular weight is 310 g/mol. The van der Waals surface area contributed by atoms with E-state index < -0.39 is 0 Å². The topological polar surface area (TPSA) is 53.1 Å². The fraction of sp³-hybridized carbons (Fsp3) is 0.286. The highest BCUT2D eigenvalue weighted by molar-refractivity contribution is 7.80. The zero-order valence-corrected chi connectivity index (χ0v) is 13.4. The minimum Gasteiger partial charge on any atom is -0.439 e. The molecule has 0 unspecified atom stereocenters. The number of ether oxygens (including phenoxy) is 1. The molecular weight excluding hydrogens is 294 g/mol. The van der Waals surface area contributed by atoms with Crippen LogP contribution in [-0.2, 0) is 7.05 Å². The fourth-order valence-corrected chi connectivity index (χ4v) is 2.46. The van der Waals surface area contributed by atoms with Crippen molar-refractivity contribution >= 4 is 28.8 Å². The zero-order chi connectivity index (χ0) is 15.0. The van der Waals surface area contributed by atoms with Crippen molar-refractivity contribution in [3.05, 3.63) is 39.5 Å². The number of thiocarbonyl (C=S) groups is 1. The Morgan fingerprint density at radius 1 is 1.30 bits per heavy atom. The molecule has 4 nitrogen and oxygen atoms in total. The second-order valence-electron chi connectivity index (χ2n) is 4.73. The number of rotatable bonds is 3. The number of nitrogens with zero attached hydrogens (tertiary/aromatic N) is 2. The lowest BCUT2D eigenvalue weighted by molar-refractivity contribution is 0.429. The third kappa shape index (κ3) is 2.64. The van der Waals surface area contributed by atoms with Crippen molar-refractivity contribution in [2.75, 3.05) is 0 Å². The summed E-state index contributed by atoms with van der Waals surface area (Å²) in [6.07, 6.45) is 0. The molecule has 1 aromatic heterocycles. The molecule has 0 aliphatic carbocycles. The molecule has 0 fully saturated rings. The van der Waals surface area contributed by atoms with E-state index in [1.165, 1.54) is 0 Å². The van der Waals surface area contributed by atoms with Crippen LogP contribution in [0.2, 0.25) is 5.02 Å². The van der Waals surface area contributed by atoms with Crippen LogP contribution >= 0.6 is 23.8 Å². The number of aromatic nitrogens is 2. The molecule has 6 heteroatoms. The SMILES string of the molecule is Cc1cc(Oc2c(C(N)=S)c(C)nn2C)cc(C)c1Cl. The third-order valence-electron chi connectivity index (χ3n) is 3.04. The summed E-state index contributed by atoms with van der Waals surface area (Å²) in [5.41, 5.74) is 9.06. The van der Waals surface area contributed by atoms with Gasteiger partial charge in [0.05, 0.1) is 11.3 Å². The van der Waals surface area contributed by atoms with Gasteiger partial charge in [-0.3, -0.25) is 0 Å². The molecule has 0 aliphatic rings. The molecule has 0 radical (unpaired) electrons. The Labute approximate surface area is 128 Å². The van der Waals surface area contributed by atoms with Crippen molar-refractivity contribution in [2.24, 2.45) is 12.8 Å². The summed E-state index contributed by atoms with van der Waals surface area (Å²) in [6.45, 7) is 5.72. The summed E-state index contributed by atoms with van der Waals surface area (Å²) in [5, 5.41) is 5.03. The molecule has 20 heavy (non-hydrogen) atoms. The molecule has 2 N–H and O–H groups in total. The van der Waals surface area contributed by atoms with Crippen molar-refractivity contribution in [1.29, 1.82) is 0 Å². The molecule has 1 aromatic carbocycles. The quantitative estimate of drug-likeness (QED) is 0.883. The Kier molecular flexibility index (Phi) is 4.01. The summed E-state index contributed by atoms with van der Waals surface area (Å²) in [6, 6.07) is 3.75. The largest absolute Gasteiger partial charge is 0.439 e. The third-order valence-corrected chi connectivity index (χ3v) is 3.84. The molecule has 0 aliphatic heterocycles. The highest BCUT2D eigenvalue weighted by Crippen LogP contribution is 2.31. The van der Waals surface area contributed by atoms with Crippen LogP contribution in [0.4, 0.5) is 0 Å². The van der Waals surface area contributed by atoms with Gasteiger partial charge in [-0.05, 0) is 44.0 Å². The number of hydrogen-bond acceptors (Lipinski definition) is 3.